The Labute approximate surface area is 187 Å². The number of aliphatic hydroxyl groups excluding tert-OH is 1. The van der Waals surface area contributed by atoms with E-state index in [1.807, 2.05) is 6.92 Å². The van der Waals surface area contributed by atoms with Gasteiger partial charge in [0.05, 0.1) is 16.9 Å². The molecule has 4 aliphatic rings. The number of allylic oxidation sites excluding steroid dienone is 4. The third kappa shape index (κ3) is 2.79. The van der Waals surface area contributed by atoms with Gasteiger partial charge in [0.1, 0.15) is 6.10 Å². The predicted molar refractivity (Wildman–Crippen MR) is 113 cm³/mol. The van der Waals surface area contributed by atoms with Gasteiger partial charge in [-0.1, -0.05) is 26.8 Å². The topological polar surface area (TPSA) is 97.7 Å². The van der Waals surface area contributed by atoms with Crippen LogP contribution in [0, 0.1) is 28.6 Å². The Hall–Kier alpha value is -1.87. The van der Waals surface area contributed by atoms with E-state index in [2.05, 4.69) is 0 Å². The highest BCUT2D eigenvalue weighted by Gasteiger charge is 2.75. The van der Waals surface area contributed by atoms with Gasteiger partial charge in [-0.25, -0.2) is 8.78 Å². The quantitative estimate of drug-likeness (QED) is 0.492. The molecule has 6 nitrogen and oxygen atoms in total. The van der Waals surface area contributed by atoms with Gasteiger partial charge in [0, 0.05) is 17.3 Å². The van der Waals surface area contributed by atoms with Crippen LogP contribution < -0.4 is 0 Å². The van der Waals surface area contributed by atoms with Crippen LogP contribution in [0.15, 0.2) is 23.8 Å². The summed E-state index contributed by atoms with van der Waals surface area (Å²) < 4.78 is 61.0. The fraction of sp³-hybridized carbons (Fsp3) is 0.696. The van der Waals surface area contributed by atoms with Crippen LogP contribution in [0.25, 0.3) is 0 Å². The second-order valence-electron chi connectivity index (χ2n) is 10.1. The molecule has 0 unspecified atom stereocenters. The average molecular weight is 471 g/mol. The van der Waals surface area contributed by atoms with Crippen molar-refractivity contribution in [2.24, 2.45) is 28.6 Å². The number of Topliss-reactive ketones (excluding diaryl/α,β-unsaturated/α-hetero) is 1. The predicted octanol–water partition coefficient (Wildman–Crippen LogP) is 2.53. The number of alkyl halides is 2. The van der Waals surface area contributed by atoms with Gasteiger partial charge in [-0.15, -0.1) is 0 Å². The number of rotatable bonds is 2. The van der Waals surface area contributed by atoms with Crippen molar-refractivity contribution in [3.8, 4) is 0 Å². The summed E-state index contributed by atoms with van der Waals surface area (Å²) >= 11 is 0. The van der Waals surface area contributed by atoms with Gasteiger partial charge < -0.3 is 9.84 Å². The molecule has 0 aromatic heterocycles. The Bertz CT molecular complexity index is 1070. The van der Waals surface area contributed by atoms with Gasteiger partial charge in [0.15, 0.2) is 17.6 Å². The molecule has 3 fully saturated rings. The summed E-state index contributed by atoms with van der Waals surface area (Å²) in [6.45, 7) is 6.69. The Balaban J connectivity index is 1.86. The van der Waals surface area contributed by atoms with Crippen LogP contribution in [0.4, 0.5) is 8.78 Å². The minimum atomic E-state index is -2.68. The molecule has 4 aliphatic carbocycles. The van der Waals surface area contributed by atoms with Crippen LogP contribution in [0.2, 0.25) is 0 Å². The van der Waals surface area contributed by atoms with E-state index in [1.165, 1.54) is 19.1 Å². The van der Waals surface area contributed by atoms with Crippen molar-refractivity contribution in [2.75, 3.05) is 0 Å². The van der Waals surface area contributed by atoms with Gasteiger partial charge >= 0.3 is 5.97 Å². The minimum absolute atomic E-state index is 0.0678. The standard InChI is InChI=1S/C23H28F2O6S/c1-5-16(27)31-20-11(2)8-13-17-19(28)18(24)14-9-12(32(29)30)6-7-22(14,4)23(17,25)15(26)10-21(13,20)3/h6-7,9,11,13,15,17-18,20,26H,5,8,10H2,1-4H3/t11-,13+,15+,17-,18-,20+,21+,22+,23-/m1/s1. The number of carbonyl (C=O) groups is 2. The molecule has 0 spiro atoms. The molecule has 0 bridgehead atoms. The number of halogens is 2. The Morgan fingerprint density at radius 1 is 1.34 bits per heavy atom. The number of carbonyl (C=O) groups excluding carboxylic acids is 2. The molecule has 0 aliphatic heterocycles. The summed E-state index contributed by atoms with van der Waals surface area (Å²) in [5.41, 5.74) is -5.41. The number of hydrogen-bond acceptors (Lipinski definition) is 6. The fourth-order valence-corrected chi connectivity index (χ4v) is 7.25. The Morgan fingerprint density at radius 3 is 2.59 bits per heavy atom. The molecule has 0 aromatic carbocycles. The highest BCUT2D eigenvalue weighted by molar-refractivity contribution is 7.73. The lowest BCUT2D eigenvalue weighted by molar-refractivity contribution is -0.209. The summed E-state index contributed by atoms with van der Waals surface area (Å²) in [5, 5.41) is 11.2. The number of fused-ring (bicyclic) bond motifs is 5. The van der Waals surface area contributed by atoms with Crippen LogP contribution in [-0.4, -0.2) is 54.2 Å². The monoisotopic (exact) mass is 470 g/mol. The number of ketones is 1. The smallest absolute Gasteiger partial charge is 0.305 e. The Morgan fingerprint density at radius 2 is 2.00 bits per heavy atom. The van der Waals surface area contributed by atoms with E-state index in [-0.39, 0.29) is 29.2 Å². The summed E-state index contributed by atoms with van der Waals surface area (Å²) in [5.74, 6) is -3.71. The fourth-order valence-electron chi connectivity index (χ4n) is 6.85. The molecule has 32 heavy (non-hydrogen) atoms. The normalized spacial score (nSPS) is 47.3. The van der Waals surface area contributed by atoms with Crippen LogP contribution in [0.5, 0.6) is 0 Å². The maximum atomic E-state index is 17.1. The van der Waals surface area contributed by atoms with E-state index in [4.69, 9.17) is 4.74 Å². The first-order valence-electron chi connectivity index (χ1n) is 10.9. The molecule has 3 saturated carbocycles. The maximum absolute atomic E-state index is 17.1. The first kappa shape index (κ1) is 23.3. The van der Waals surface area contributed by atoms with Crippen molar-refractivity contribution in [3.05, 3.63) is 23.8 Å². The lowest BCUT2D eigenvalue weighted by Gasteiger charge is -2.61. The van der Waals surface area contributed by atoms with Crippen molar-refractivity contribution >= 4 is 26.9 Å². The van der Waals surface area contributed by atoms with Gasteiger partial charge in [-0.05, 0) is 49.3 Å². The molecule has 0 heterocycles. The number of ether oxygens (including phenoxy) is 1. The number of aliphatic hydroxyl groups is 1. The van der Waals surface area contributed by atoms with Crippen LogP contribution >= 0.6 is 0 Å². The zero-order valence-electron chi connectivity index (χ0n) is 18.5. The van der Waals surface area contributed by atoms with Crippen molar-refractivity contribution in [1.29, 1.82) is 0 Å². The van der Waals surface area contributed by atoms with Gasteiger partial charge in [-0.3, -0.25) is 9.59 Å². The molecular weight excluding hydrogens is 442 g/mol. The molecule has 0 radical (unpaired) electrons. The largest absolute Gasteiger partial charge is 0.461 e. The zero-order chi connectivity index (χ0) is 23.8. The third-order valence-corrected chi connectivity index (χ3v) is 9.09. The highest BCUT2D eigenvalue weighted by atomic mass is 32.2. The van der Waals surface area contributed by atoms with E-state index >= 15 is 8.78 Å². The molecule has 9 heteroatoms. The molecule has 9 atom stereocenters. The van der Waals surface area contributed by atoms with E-state index in [1.54, 1.807) is 13.8 Å². The number of esters is 1. The van der Waals surface area contributed by atoms with E-state index in [9.17, 15) is 23.1 Å². The molecule has 4 rings (SSSR count). The molecule has 176 valence electrons. The lowest BCUT2D eigenvalue weighted by atomic mass is 9.45. The van der Waals surface area contributed by atoms with Gasteiger partial charge in [0.2, 0.25) is 10.3 Å². The SMILES string of the molecule is CCC(=O)O[C@H]1[C@H](C)C[C@H]2[C@@H]3C(=O)[C@H](F)C4=CC(=S(=O)=O)C=C[C@]4(C)[C@@]3(F)[C@@H](O)C[C@@]21C. The molecule has 0 saturated heterocycles. The summed E-state index contributed by atoms with van der Waals surface area (Å²) in [7, 11) is -2.68. The van der Waals surface area contributed by atoms with Crippen molar-refractivity contribution in [1.82, 2.24) is 0 Å². The van der Waals surface area contributed by atoms with E-state index < -0.39 is 68.8 Å². The van der Waals surface area contributed by atoms with Gasteiger partial charge in [0.25, 0.3) is 0 Å². The second-order valence-corrected chi connectivity index (χ2v) is 11.0. The molecule has 0 amide bonds. The van der Waals surface area contributed by atoms with Crippen molar-refractivity contribution in [2.45, 2.75) is 71.0 Å². The van der Waals surface area contributed by atoms with Crippen molar-refractivity contribution in [3.63, 3.8) is 0 Å². The first-order valence-corrected chi connectivity index (χ1v) is 12.0. The number of hydrogen-bond donors (Lipinski definition) is 1. The van der Waals surface area contributed by atoms with Crippen LogP contribution in [-0.2, 0) is 24.6 Å². The average Bonchev–Trinajstić information content (AvgIpc) is 2.96. The summed E-state index contributed by atoms with van der Waals surface area (Å²) in [6, 6.07) is 0. The lowest BCUT2D eigenvalue weighted by Crippen LogP contribution is -2.71. The Kier molecular flexibility index (Phi) is 5.33. The van der Waals surface area contributed by atoms with Gasteiger partial charge in [-0.2, -0.15) is 8.42 Å². The third-order valence-electron chi connectivity index (χ3n) is 8.46. The summed E-state index contributed by atoms with van der Waals surface area (Å²) in [4.78, 5) is 25.1. The van der Waals surface area contributed by atoms with Crippen LogP contribution in [0.3, 0.4) is 0 Å². The highest BCUT2D eigenvalue weighted by Crippen LogP contribution is 2.68. The minimum Gasteiger partial charge on any atom is -0.461 e. The second kappa shape index (κ2) is 7.32. The first-order chi connectivity index (χ1) is 14.8. The van der Waals surface area contributed by atoms with E-state index in [0.29, 0.717) is 6.42 Å². The molecule has 0 aromatic rings. The molecule has 1 N–H and O–H groups in total. The van der Waals surface area contributed by atoms with E-state index in [0.717, 1.165) is 6.08 Å². The molecular formula is C23H28F2O6S. The van der Waals surface area contributed by atoms with Crippen molar-refractivity contribution < 1.29 is 36.6 Å². The van der Waals surface area contributed by atoms with Crippen LogP contribution in [0.1, 0.15) is 47.0 Å². The maximum Gasteiger partial charge on any atom is 0.305 e. The zero-order valence-corrected chi connectivity index (χ0v) is 19.3. The summed E-state index contributed by atoms with van der Waals surface area (Å²) in [6.07, 6.45) is -0.565.